The number of rotatable bonds is 1. The molecule has 2 rings (SSSR count). The largest absolute Gasteiger partial charge is 0.399 e. The van der Waals surface area contributed by atoms with Crippen molar-refractivity contribution in [3.05, 3.63) is 24.3 Å². The highest BCUT2D eigenvalue weighted by Gasteiger charge is 2.25. The van der Waals surface area contributed by atoms with E-state index in [9.17, 15) is 10.2 Å². The Hall–Kier alpha value is -1.30. The molecule has 0 aromatic heterocycles. The highest BCUT2D eigenvalue weighted by molar-refractivity contribution is 5.53. The molecule has 0 bridgehead atoms. The van der Waals surface area contributed by atoms with E-state index in [2.05, 4.69) is 0 Å². The summed E-state index contributed by atoms with van der Waals surface area (Å²) in [6, 6.07) is 7.11. The number of anilines is 2. The molecule has 0 spiro atoms. The first-order valence-corrected chi connectivity index (χ1v) is 4.77. The quantitative estimate of drug-likeness (QED) is 0.557. The summed E-state index contributed by atoms with van der Waals surface area (Å²) in [6.45, 7) is 0.358. The van der Waals surface area contributed by atoms with Gasteiger partial charge < -0.3 is 25.6 Å². The third-order valence-electron chi connectivity index (χ3n) is 2.38. The number of nitrogens with zero attached hydrogens (tertiary/aromatic N) is 1. The molecule has 0 aliphatic carbocycles. The van der Waals surface area contributed by atoms with Gasteiger partial charge in [0, 0.05) is 11.4 Å². The Morgan fingerprint density at radius 1 is 1.27 bits per heavy atom. The van der Waals surface area contributed by atoms with Crippen LogP contribution in [0.15, 0.2) is 24.3 Å². The molecule has 1 aliphatic rings. The van der Waals surface area contributed by atoms with Gasteiger partial charge in [0.1, 0.15) is 0 Å². The monoisotopic (exact) mass is 210 g/mol. The van der Waals surface area contributed by atoms with Gasteiger partial charge in [0.15, 0.2) is 12.5 Å². The Kier molecular flexibility index (Phi) is 2.77. The van der Waals surface area contributed by atoms with Crippen molar-refractivity contribution < 1.29 is 14.9 Å². The minimum atomic E-state index is -0.856. The van der Waals surface area contributed by atoms with Crippen molar-refractivity contribution in [2.75, 3.05) is 23.8 Å². The van der Waals surface area contributed by atoms with Crippen LogP contribution in [-0.4, -0.2) is 35.9 Å². The van der Waals surface area contributed by atoms with Gasteiger partial charge in [-0.05, 0) is 24.3 Å². The molecule has 1 aliphatic heterocycles. The van der Waals surface area contributed by atoms with Gasteiger partial charge in [-0.1, -0.05) is 0 Å². The number of benzene rings is 1. The Labute approximate surface area is 87.7 Å². The van der Waals surface area contributed by atoms with Crippen LogP contribution in [0.25, 0.3) is 0 Å². The van der Waals surface area contributed by atoms with Gasteiger partial charge in [-0.3, -0.25) is 0 Å². The lowest BCUT2D eigenvalue weighted by molar-refractivity contribution is -0.142. The number of aliphatic hydroxyl groups excluding tert-OH is 2. The molecule has 0 saturated carbocycles. The van der Waals surface area contributed by atoms with E-state index in [0.717, 1.165) is 5.69 Å². The first-order valence-electron chi connectivity index (χ1n) is 4.77. The van der Waals surface area contributed by atoms with E-state index in [0.29, 0.717) is 5.69 Å². The molecule has 1 saturated heterocycles. The van der Waals surface area contributed by atoms with Crippen LogP contribution in [0.5, 0.6) is 0 Å². The van der Waals surface area contributed by atoms with E-state index in [1.807, 2.05) is 0 Å². The van der Waals surface area contributed by atoms with Gasteiger partial charge in [0.05, 0.1) is 13.2 Å². The fourth-order valence-electron chi connectivity index (χ4n) is 1.57. The van der Waals surface area contributed by atoms with Gasteiger partial charge >= 0.3 is 0 Å². The van der Waals surface area contributed by atoms with Gasteiger partial charge in [-0.2, -0.15) is 0 Å². The fourth-order valence-corrected chi connectivity index (χ4v) is 1.57. The maximum atomic E-state index is 9.67. The molecular weight excluding hydrogens is 196 g/mol. The maximum Gasteiger partial charge on any atom is 0.172 e. The summed E-state index contributed by atoms with van der Waals surface area (Å²) >= 11 is 0. The van der Waals surface area contributed by atoms with Gasteiger partial charge in [0.2, 0.25) is 0 Å². The molecule has 1 aromatic rings. The molecule has 2 unspecified atom stereocenters. The van der Waals surface area contributed by atoms with E-state index in [1.165, 1.54) is 0 Å². The zero-order valence-corrected chi connectivity index (χ0v) is 8.21. The van der Waals surface area contributed by atoms with Crippen LogP contribution in [-0.2, 0) is 4.74 Å². The van der Waals surface area contributed by atoms with Crippen molar-refractivity contribution in [1.82, 2.24) is 0 Å². The van der Waals surface area contributed by atoms with Crippen molar-refractivity contribution in [3.8, 4) is 0 Å². The summed E-state index contributed by atoms with van der Waals surface area (Å²) in [4.78, 5) is 1.67. The third kappa shape index (κ3) is 2.20. The van der Waals surface area contributed by atoms with Crippen LogP contribution >= 0.6 is 0 Å². The zero-order chi connectivity index (χ0) is 10.8. The molecular formula is C10H14N2O3. The first-order chi connectivity index (χ1) is 7.16. The van der Waals surface area contributed by atoms with Crippen molar-refractivity contribution in [2.24, 2.45) is 0 Å². The normalized spacial score (nSPS) is 26.7. The van der Waals surface area contributed by atoms with E-state index in [-0.39, 0.29) is 13.2 Å². The Balaban J connectivity index is 2.17. The topological polar surface area (TPSA) is 79.0 Å². The molecule has 1 aromatic carbocycles. The number of ether oxygens (including phenoxy) is 1. The second kappa shape index (κ2) is 4.06. The lowest BCUT2D eigenvalue weighted by atomic mass is 10.2. The average Bonchev–Trinajstić information content (AvgIpc) is 2.23. The van der Waals surface area contributed by atoms with E-state index >= 15 is 0 Å². The third-order valence-corrected chi connectivity index (χ3v) is 2.38. The number of nitrogens with two attached hydrogens (primary N) is 1. The van der Waals surface area contributed by atoms with Crippen molar-refractivity contribution >= 4 is 11.4 Å². The zero-order valence-electron chi connectivity index (χ0n) is 8.21. The number of morpholine rings is 1. The van der Waals surface area contributed by atoms with Crippen LogP contribution in [0.3, 0.4) is 0 Å². The smallest absolute Gasteiger partial charge is 0.172 e. The number of nitrogen functional groups attached to an aromatic ring is 1. The summed E-state index contributed by atoms with van der Waals surface area (Å²) in [5.74, 6) is 0. The van der Waals surface area contributed by atoms with E-state index < -0.39 is 12.5 Å². The second-order valence-corrected chi connectivity index (χ2v) is 3.51. The molecule has 1 fully saturated rings. The molecule has 1 heterocycles. The molecule has 15 heavy (non-hydrogen) atoms. The average molecular weight is 210 g/mol. The Morgan fingerprint density at radius 3 is 2.60 bits per heavy atom. The predicted octanol–water partition coefficient (Wildman–Crippen LogP) is -0.258. The number of aliphatic hydroxyl groups is 2. The van der Waals surface area contributed by atoms with Gasteiger partial charge in [0.25, 0.3) is 0 Å². The summed E-state index contributed by atoms with van der Waals surface area (Å²) < 4.78 is 4.90. The highest BCUT2D eigenvalue weighted by Crippen LogP contribution is 2.21. The van der Waals surface area contributed by atoms with Crippen LogP contribution in [0.2, 0.25) is 0 Å². The summed E-state index contributed by atoms with van der Waals surface area (Å²) in [5, 5.41) is 19.0. The molecule has 4 N–H and O–H groups in total. The lowest BCUT2D eigenvalue weighted by Gasteiger charge is -2.36. The molecule has 5 heteroatoms. The summed E-state index contributed by atoms with van der Waals surface area (Å²) in [6.07, 6.45) is -1.58. The number of hydrogen-bond donors (Lipinski definition) is 3. The maximum absolute atomic E-state index is 9.67. The van der Waals surface area contributed by atoms with Crippen molar-refractivity contribution in [3.63, 3.8) is 0 Å². The molecule has 5 nitrogen and oxygen atoms in total. The van der Waals surface area contributed by atoms with E-state index in [4.69, 9.17) is 10.5 Å². The number of hydrogen-bond acceptors (Lipinski definition) is 5. The molecule has 2 atom stereocenters. The molecule has 0 radical (unpaired) electrons. The van der Waals surface area contributed by atoms with Gasteiger partial charge in [-0.15, -0.1) is 0 Å². The highest BCUT2D eigenvalue weighted by atomic mass is 16.6. The first kappa shape index (κ1) is 10.2. The van der Waals surface area contributed by atoms with Crippen LogP contribution in [0, 0.1) is 0 Å². The minimum Gasteiger partial charge on any atom is -0.399 e. The summed E-state index contributed by atoms with van der Waals surface area (Å²) in [5.41, 5.74) is 7.05. The van der Waals surface area contributed by atoms with Crippen molar-refractivity contribution in [2.45, 2.75) is 12.5 Å². The SMILES string of the molecule is Nc1ccc(N2CC(O)OCC2O)cc1. The minimum absolute atomic E-state index is 0.103. The van der Waals surface area contributed by atoms with E-state index in [1.54, 1.807) is 29.2 Å². The van der Waals surface area contributed by atoms with Crippen molar-refractivity contribution in [1.29, 1.82) is 0 Å². The van der Waals surface area contributed by atoms with Crippen LogP contribution in [0.4, 0.5) is 11.4 Å². The molecule has 0 amide bonds. The van der Waals surface area contributed by atoms with Crippen LogP contribution < -0.4 is 10.6 Å². The molecule has 82 valence electrons. The standard InChI is InChI=1S/C10H14N2O3/c11-7-1-3-8(4-2-7)12-5-10(14)15-6-9(12)13/h1-4,9-10,13-14H,5-6,11H2. The predicted molar refractivity (Wildman–Crippen MR) is 56.2 cm³/mol. The summed E-state index contributed by atoms with van der Waals surface area (Å²) in [7, 11) is 0. The number of β-amino-alcohol motifs (C(OH)–C–C–N with tert-alkyl or cyclic N) is 1. The second-order valence-electron chi connectivity index (χ2n) is 3.51. The lowest BCUT2D eigenvalue weighted by Crippen LogP contribution is -2.49. The van der Waals surface area contributed by atoms with Gasteiger partial charge in [-0.25, -0.2) is 0 Å². The Bertz CT molecular complexity index is 328. The Morgan fingerprint density at radius 2 is 1.93 bits per heavy atom. The fraction of sp³-hybridized carbons (Fsp3) is 0.400. The van der Waals surface area contributed by atoms with Crippen LogP contribution in [0.1, 0.15) is 0 Å².